The lowest BCUT2D eigenvalue weighted by molar-refractivity contribution is -0.147. The van der Waals surface area contributed by atoms with E-state index >= 15 is 0 Å². The van der Waals surface area contributed by atoms with Gasteiger partial charge in [0.05, 0.1) is 10.4 Å². The van der Waals surface area contributed by atoms with E-state index < -0.39 is 29.3 Å². The second kappa shape index (κ2) is 8.48. The molecule has 6 N–H and O–H groups in total. The van der Waals surface area contributed by atoms with Crippen LogP contribution in [0.15, 0.2) is 9.90 Å². The third-order valence-corrected chi connectivity index (χ3v) is 4.24. The summed E-state index contributed by atoms with van der Waals surface area (Å²) in [6.45, 7) is 0. The summed E-state index contributed by atoms with van der Waals surface area (Å²) >= 11 is 11.7. The molecule has 10 heteroatoms. The van der Waals surface area contributed by atoms with Gasteiger partial charge in [-0.25, -0.2) is 4.79 Å². The molecule has 0 bridgehead atoms. The molecule has 2 atom stereocenters. The second-order valence-electron chi connectivity index (χ2n) is 3.88. The molecule has 0 radical (unpaired) electrons. The number of carbonyl (C=O) groups is 3. The number of thioether (sulfide) groups is 1. The van der Waals surface area contributed by atoms with E-state index in [4.69, 9.17) is 44.9 Å². The number of rotatable bonds is 9. The van der Waals surface area contributed by atoms with Gasteiger partial charge in [0.25, 0.3) is 0 Å². The van der Waals surface area contributed by atoms with Gasteiger partial charge < -0.3 is 21.7 Å². The molecular weight excluding hydrogens is 331 g/mol. The van der Waals surface area contributed by atoms with E-state index in [-0.39, 0.29) is 23.0 Å². The molecule has 2 unspecified atom stereocenters. The molecular formula is C10H14Cl2N2O5S. The Labute approximate surface area is 129 Å². The Balaban J connectivity index is 4.92. The van der Waals surface area contributed by atoms with Crippen molar-refractivity contribution < 1.29 is 24.6 Å². The number of Topliss-reactive ketones (excluding diaryl/α,β-unsaturated/α-hetero) is 1. The smallest absolute Gasteiger partial charge is 0.332 e. The molecule has 0 spiro atoms. The minimum absolute atomic E-state index is 0.0645. The van der Waals surface area contributed by atoms with Crippen molar-refractivity contribution in [3.8, 4) is 0 Å². The highest BCUT2D eigenvalue weighted by molar-refractivity contribution is 8.04. The Morgan fingerprint density at radius 1 is 1.35 bits per heavy atom. The van der Waals surface area contributed by atoms with Crippen molar-refractivity contribution in [2.75, 3.05) is 5.75 Å². The normalized spacial score (nSPS) is 16.3. The van der Waals surface area contributed by atoms with Gasteiger partial charge in [0.1, 0.15) is 0 Å². The van der Waals surface area contributed by atoms with Crippen LogP contribution in [0.25, 0.3) is 0 Å². The zero-order valence-corrected chi connectivity index (χ0v) is 12.5. The summed E-state index contributed by atoms with van der Waals surface area (Å²) in [6.07, 6.45) is -0.567. The second-order valence-corrected chi connectivity index (χ2v) is 5.75. The van der Waals surface area contributed by atoms with Crippen molar-refractivity contribution in [2.24, 2.45) is 11.5 Å². The van der Waals surface area contributed by atoms with Crippen molar-refractivity contribution >= 4 is 52.7 Å². The van der Waals surface area contributed by atoms with Gasteiger partial charge in [0.2, 0.25) is 0 Å². The van der Waals surface area contributed by atoms with Gasteiger partial charge in [-0.1, -0.05) is 23.2 Å². The number of carbonyl (C=O) groups excluding carboxylic acids is 1. The van der Waals surface area contributed by atoms with Crippen LogP contribution in [0.1, 0.15) is 12.8 Å². The van der Waals surface area contributed by atoms with E-state index in [0.717, 1.165) is 17.3 Å². The van der Waals surface area contributed by atoms with Crippen LogP contribution in [0.5, 0.6) is 0 Å². The molecule has 0 amide bonds. The Bertz CT molecular complexity index is 432. The fraction of sp³-hybridized carbons (Fsp3) is 0.500. The number of aliphatic carboxylic acids is 2. The van der Waals surface area contributed by atoms with Crippen molar-refractivity contribution in [1.82, 2.24) is 0 Å². The van der Waals surface area contributed by atoms with Gasteiger partial charge in [0, 0.05) is 17.7 Å². The molecule has 0 fully saturated rings. The highest BCUT2D eigenvalue weighted by Gasteiger charge is 2.44. The summed E-state index contributed by atoms with van der Waals surface area (Å²) in [7, 11) is 0. The van der Waals surface area contributed by atoms with E-state index in [1.165, 1.54) is 0 Å². The molecule has 7 nitrogen and oxygen atoms in total. The number of carboxylic acids is 2. The Morgan fingerprint density at radius 3 is 2.30 bits per heavy atom. The van der Waals surface area contributed by atoms with Gasteiger partial charge in [-0.05, 0) is 6.42 Å². The summed E-state index contributed by atoms with van der Waals surface area (Å²) in [5.74, 6) is -4.05. The maximum atomic E-state index is 12.0. The number of hydrogen-bond acceptors (Lipinski definition) is 6. The fourth-order valence-corrected chi connectivity index (χ4v) is 2.24. The third kappa shape index (κ3) is 5.68. The van der Waals surface area contributed by atoms with E-state index in [9.17, 15) is 14.4 Å². The van der Waals surface area contributed by atoms with Gasteiger partial charge >= 0.3 is 11.9 Å². The van der Waals surface area contributed by atoms with Crippen LogP contribution < -0.4 is 11.5 Å². The predicted molar refractivity (Wildman–Crippen MR) is 76.7 cm³/mol. The molecule has 0 aromatic heterocycles. The van der Waals surface area contributed by atoms with Gasteiger partial charge in [-0.3, -0.25) is 9.59 Å². The first-order chi connectivity index (χ1) is 9.15. The van der Waals surface area contributed by atoms with Crippen molar-refractivity contribution in [3.05, 3.63) is 9.90 Å². The maximum absolute atomic E-state index is 12.0. The highest BCUT2D eigenvalue weighted by atomic mass is 35.5. The largest absolute Gasteiger partial charge is 0.481 e. The summed E-state index contributed by atoms with van der Waals surface area (Å²) < 4.78 is 0.0645. The van der Waals surface area contributed by atoms with E-state index in [2.05, 4.69) is 0 Å². The Morgan fingerprint density at radius 2 is 1.90 bits per heavy atom. The maximum Gasteiger partial charge on any atom is 0.332 e. The number of carboxylic acid groups (broad SMARTS) is 2. The predicted octanol–water partition coefficient (Wildman–Crippen LogP) is 0.539. The standard InChI is InChI=1S/C10H14Cl2N2O5S/c11-3-6(12)20-4-10(14,9(18)19)8(17)5(13)1-2-7(15)16/h3,5H,1-2,4,13-14H2,(H,15,16)(H,18,19). The first-order valence-electron chi connectivity index (χ1n) is 5.27. The molecule has 20 heavy (non-hydrogen) atoms. The molecule has 0 heterocycles. The quantitative estimate of drug-likeness (QED) is 0.443. The lowest BCUT2D eigenvalue weighted by Gasteiger charge is -2.25. The first kappa shape index (κ1) is 19.2. The topological polar surface area (TPSA) is 144 Å². The summed E-state index contributed by atoms with van der Waals surface area (Å²) in [6, 6.07) is -1.29. The Hall–Kier alpha value is -0.800. The van der Waals surface area contributed by atoms with Crippen LogP contribution in [0, 0.1) is 0 Å². The Kier molecular flexibility index (Phi) is 8.14. The lowest BCUT2D eigenvalue weighted by atomic mass is 9.90. The van der Waals surface area contributed by atoms with Crippen molar-refractivity contribution in [1.29, 1.82) is 0 Å². The molecule has 114 valence electrons. The van der Waals surface area contributed by atoms with Crippen LogP contribution >= 0.6 is 35.0 Å². The van der Waals surface area contributed by atoms with Crippen molar-refractivity contribution in [3.63, 3.8) is 0 Å². The number of nitrogens with two attached hydrogens (primary N) is 2. The fourth-order valence-electron chi connectivity index (χ4n) is 1.19. The number of hydrogen-bond donors (Lipinski definition) is 4. The first-order valence-corrected chi connectivity index (χ1v) is 7.07. The molecule has 0 aromatic rings. The SMILES string of the molecule is NC(CCC(=O)O)C(=O)C(N)(CSC(Cl)=CCl)C(=O)O. The summed E-state index contributed by atoms with van der Waals surface area (Å²) in [5.41, 5.74) is 9.80. The molecule has 0 aliphatic heterocycles. The zero-order chi connectivity index (χ0) is 15.9. The average Bonchev–Trinajstić information content (AvgIpc) is 2.40. The molecule has 0 rings (SSSR count). The van der Waals surface area contributed by atoms with Crippen molar-refractivity contribution in [2.45, 2.75) is 24.4 Å². The minimum Gasteiger partial charge on any atom is -0.481 e. The molecule has 0 saturated heterocycles. The highest BCUT2D eigenvalue weighted by Crippen LogP contribution is 2.25. The minimum atomic E-state index is -2.26. The van der Waals surface area contributed by atoms with Crippen LogP contribution in [-0.2, 0) is 14.4 Å². The molecule has 0 aliphatic rings. The van der Waals surface area contributed by atoms with Gasteiger partial charge in [-0.15, -0.1) is 11.8 Å². The van der Waals surface area contributed by atoms with E-state index in [0.29, 0.717) is 0 Å². The monoisotopic (exact) mass is 344 g/mol. The zero-order valence-electron chi connectivity index (χ0n) is 10.2. The number of ketones is 1. The van der Waals surface area contributed by atoms with Crippen LogP contribution in [-0.4, -0.2) is 45.3 Å². The lowest BCUT2D eigenvalue weighted by Crippen LogP contribution is -2.62. The van der Waals surface area contributed by atoms with Crippen LogP contribution in [0.2, 0.25) is 0 Å². The average molecular weight is 345 g/mol. The molecule has 0 aliphatic carbocycles. The van der Waals surface area contributed by atoms with Crippen LogP contribution in [0.3, 0.4) is 0 Å². The van der Waals surface area contributed by atoms with Crippen LogP contribution in [0.4, 0.5) is 0 Å². The van der Waals surface area contributed by atoms with Gasteiger partial charge in [-0.2, -0.15) is 0 Å². The molecule has 0 saturated carbocycles. The van der Waals surface area contributed by atoms with E-state index in [1.807, 2.05) is 0 Å². The molecule has 0 aromatic carbocycles. The number of halogens is 2. The summed E-state index contributed by atoms with van der Waals surface area (Å²) in [4.78, 5) is 33.6. The van der Waals surface area contributed by atoms with Gasteiger partial charge in [0.15, 0.2) is 11.3 Å². The third-order valence-electron chi connectivity index (χ3n) is 2.35. The summed E-state index contributed by atoms with van der Waals surface area (Å²) in [5, 5.41) is 17.6. The van der Waals surface area contributed by atoms with E-state index in [1.54, 1.807) is 0 Å².